The highest BCUT2D eigenvalue weighted by atomic mass is 35.5. The second kappa shape index (κ2) is 5.31. The molecule has 0 saturated heterocycles. The summed E-state index contributed by atoms with van der Waals surface area (Å²) in [6.07, 6.45) is 0.904. The number of pyridine rings is 1. The first kappa shape index (κ1) is 12.1. The number of hydrogen-bond acceptors (Lipinski definition) is 4. The fraction of sp³-hybridized carbons (Fsp3) is 0.250. The van der Waals surface area contributed by atoms with Crippen LogP contribution >= 0.6 is 11.6 Å². The van der Waals surface area contributed by atoms with Crippen LogP contribution < -0.4 is 5.32 Å². The fourth-order valence-electron chi connectivity index (χ4n) is 1.56. The third-order valence-corrected chi connectivity index (χ3v) is 2.68. The Morgan fingerprint density at radius 2 is 2.18 bits per heavy atom. The Balaban J connectivity index is 2.30. The van der Waals surface area contributed by atoms with Crippen molar-refractivity contribution in [1.29, 1.82) is 0 Å². The Labute approximate surface area is 104 Å². The van der Waals surface area contributed by atoms with Gasteiger partial charge in [-0.1, -0.05) is 11.6 Å². The molecule has 0 radical (unpaired) electrons. The van der Waals surface area contributed by atoms with Crippen molar-refractivity contribution in [1.82, 2.24) is 4.98 Å². The van der Waals surface area contributed by atoms with Crippen molar-refractivity contribution < 1.29 is 10.2 Å². The monoisotopic (exact) mass is 252 g/mol. The Kier molecular flexibility index (Phi) is 3.78. The molecule has 0 aliphatic rings. The first-order chi connectivity index (χ1) is 8.20. The van der Waals surface area contributed by atoms with Gasteiger partial charge in [-0.05, 0) is 24.3 Å². The molecule has 0 aliphatic heterocycles. The van der Waals surface area contributed by atoms with E-state index in [2.05, 4.69) is 10.3 Å². The summed E-state index contributed by atoms with van der Waals surface area (Å²) < 4.78 is 0. The second-order valence-electron chi connectivity index (χ2n) is 3.74. The minimum absolute atomic E-state index is 0.267. The van der Waals surface area contributed by atoms with Gasteiger partial charge in [0.2, 0.25) is 0 Å². The summed E-state index contributed by atoms with van der Waals surface area (Å²) in [5, 5.41) is 22.6. The molecule has 90 valence electrons. The van der Waals surface area contributed by atoms with E-state index in [4.69, 9.17) is 16.7 Å². The summed E-state index contributed by atoms with van der Waals surface area (Å²) >= 11 is 5.94. The molecule has 0 fully saturated rings. The third-order valence-electron chi connectivity index (χ3n) is 2.44. The Morgan fingerprint density at radius 1 is 1.35 bits per heavy atom. The van der Waals surface area contributed by atoms with E-state index in [9.17, 15) is 5.11 Å². The van der Waals surface area contributed by atoms with Gasteiger partial charge in [0, 0.05) is 28.8 Å². The van der Waals surface area contributed by atoms with Crippen LogP contribution in [0.25, 0.3) is 10.9 Å². The molecule has 0 bridgehead atoms. The molecule has 0 spiro atoms. The number of nitrogens with zero attached hydrogens (tertiary/aromatic N) is 1. The highest BCUT2D eigenvalue weighted by Crippen LogP contribution is 2.24. The molecule has 5 heteroatoms. The summed E-state index contributed by atoms with van der Waals surface area (Å²) in [5.41, 5.74) is 1.67. The maximum atomic E-state index is 9.29. The van der Waals surface area contributed by atoms with E-state index >= 15 is 0 Å². The Bertz CT molecular complexity index is 519. The molecule has 0 amide bonds. The zero-order valence-corrected chi connectivity index (χ0v) is 9.85. The van der Waals surface area contributed by atoms with E-state index in [0.717, 1.165) is 16.6 Å². The van der Waals surface area contributed by atoms with Gasteiger partial charge < -0.3 is 15.5 Å². The maximum absolute atomic E-state index is 9.29. The van der Waals surface area contributed by atoms with Crippen molar-refractivity contribution in [2.75, 3.05) is 18.5 Å². The van der Waals surface area contributed by atoms with Crippen LogP contribution in [-0.4, -0.2) is 34.5 Å². The number of nitrogens with one attached hydrogen (secondary N) is 1. The van der Waals surface area contributed by atoms with Crippen molar-refractivity contribution in [2.24, 2.45) is 0 Å². The van der Waals surface area contributed by atoms with Crippen LogP contribution in [-0.2, 0) is 0 Å². The lowest BCUT2D eigenvalue weighted by molar-refractivity contribution is 0.105. The molecule has 1 atom stereocenters. The molecule has 0 unspecified atom stereocenters. The van der Waals surface area contributed by atoms with Gasteiger partial charge in [-0.2, -0.15) is 0 Å². The highest BCUT2D eigenvalue weighted by Gasteiger charge is 2.05. The smallest absolute Gasteiger partial charge is 0.0942 e. The number of benzene rings is 1. The number of aliphatic hydroxyl groups excluding tert-OH is 2. The van der Waals surface area contributed by atoms with Crippen LogP contribution in [0.2, 0.25) is 5.02 Å². The minimum atomic E-state index is -0.780. The van der Waals surface area contributed by atoms with Gasteiger partial charge in [-0.15, -0.1) is 0 Å². The highest BCUT2D eigenvalue weighted by molar-refractivity contribution is 6.31. The number of fused-ring (bicyclic) bond motifs is 1. The summed E-state index contributed by atoms with van der Waals surface area (Å²) in [6, 6.07) is 7.24. The van der Waals surface area contributed by atoms with Crippen molar-refractivity contribution in [3.05, 3.63) is 35.5 Å². The lowest BCUT2D eigenvalue weighted by Crippen LogP contribution is -2.23. The SMILES string of the molecule is OC[C@@H](O)CNc1ccnc2ccc(Cl)cc12. The van der Waals surface area contributed by atoms with Gasteiger partial charge in [0.25, 0.3) is 0 Å². The summed E-state index contributed by atoms with van der Waals surface area (Å²) in [7, 11) is 0. The van der Waals surface area contributed by atoms with Gasteiger partial charge in [0.15, 0.2) is 0 Å². The number of anilines is 1. The average molecular weight is 253 g/mol. The lowest BCUT2D eigenvalue weighted by atomic mass is 10.2. The number of halogens is 1. The second-order valence-corrected chi connectivity index (χ2v) is 4.17. The molecule has 17 heavy (non-hydrogen) atoms. The van der Waals surface area contributed by atoms with Gasteiger partial charge >= 0.3 is 0 Å². The molecular formula is C12H13ClN2O2. The zero-order chi connectivity index (χ0) is 12.3. The normalized spacial score (nSPS) is 12.6. The Morgan fingerprint density at radius 3 is 2.94 bits per heavy atom. The van der Waals surface area contributed by atoms with Crippen LogP contribution in [0.5, 0.6) is 0 Å². The van der Waals surface area contributed by atoms with Crippen LogP contribution in [0.3, 0.4) is 0 Å². The van der Waals surface area contributed by atoms with E-state index in [0.29, 0.717) is 5.02 Å². The summed E-state index contributed by atoms with van der Waals surface area (Å²) in [5.74, 6) is 0. The maximum Gasteiger partial charge on any atom is 0.0942 e. The molecule has 4 nitrogen and oxygen atoms in total. The van der Waals surface area contributed by atoms with Crippen LogP contribution in [0.1, 0.15) is 0 Å². The average Bonchev–Trinajstić information content (AvgIpc) is 2.35. The standard InChI is InChI=1S/C12H13ClN2O2/c13-8-1-2-11-10(5-8)12(3-4-14-11)15-6-9(17)7-16/h1-5,9,16-17H,6-7H2,(H,14,15)/t9-/m0/s1. The van der Waals surface area contributed by atoms with Gasteiger partial charge in [-0.3, -0.25) is 4.98 Å². The van der Waals surface area contributed by atoms with Crippen molar-refractivity contribution in [2.45, 2.75) is 6.10 Å². The quantitative estimate of drug-likeness (QED) is 0.774. The van der Waals surface area contributed by atoms with Crippen molar-refractivity contribution in [3.63, 3.8) is 0 Å². The summed E-state index contributed by atoms with van der Waals surface area (Å²) in [6.45, 7) is 0.0128. The predicted molar refractivity (Wildman–Crippen MR) is 68.3 cm³/mol. The first-order valence-corrected chi connectivity index (χ1v) is 5.65. The minimum Gasteiger partial charge on any atom is -0.394 e. The van der Waals surface area contributed by atoms with Crippen LogP contribution in [0, 0.1) is 0 Å². The molecule has 1 heterocycles. The Hall–Kier alpha value is -1.36. The van der Waals surface area contributed by atoms with E-state index in [1.165, 1.54) is 0 Å². The molecule has 1 aromatic heterocycles. The van der Waals surface area contributed by atoms with E-state index in [-0.39, 0.29) is 13.2 Å². The van der Waals surface area contributed by atoms with Crippen molar-refractivity contribution >= 4 is 28.2 Å². The number of hydrogen-bond donors (Lipinski definition) is 3. The summed E-state index contributed by atoms with van der Waals surface area (Å²) in [4.78, 5) is 4.22. The number of rotatable bonds is 4. The topological polar surface area (TPSA) is 65.4 Å². The fourth-order valence-corrected chi connectivity index (χ4v) is 1.74. The molecule has 0 saturated carbocycles. The van der Waals surface area contributed by atoms with Crippen LogP contribution in [0.15, 0.2) is 30.5 Å². The van der Waals surface area contributed by atoms with Gasteiger partial charge in [-0.25, -0.2) is 0 Å². The molecular weight excluding hydrogens is 240 g/mol. The predicted octanol–water partition coefficient (Wildman–Crippen LogP) is 1.65. The van der Waals surface area contributed by atoms with Crippen molar-refractivity contribution in [3.8, 4) is 0 Å². The van der Waals surface area contributed by atoms with E-state index < -0.39 is 6.10 Å². The number of aromatic nitrogens is 1. The van der Waals surface area contributed by atoms with E-state index in [1.54, 1.807) is 12.3 Å². The molecule has 3 N–H and O–H groups in total. The van der Waals surface area contributed by atoms with Gasteiger partial charge in [0.05, 0.1) is 18.2 Å². The largest absolute Gasteiger partial charge is 0.394 e. The molecule has 2 aromatic rings. The lowest BCUT2D eigenvalue weighted by Gasteiger charge is -2.12. The first-order valence-electron chi connectivity index (χ1n) is 5.28. The zero-order valence-electron chi connectivity index (χ0n) is 9.10. The molecule has 2 rings (SSSR count). The molecule has 0 aliphatic carbocycles. The van der Waals surface area contributed by atoms with E-state index in [1.807, 2.05) is 18.2 Å². The molecule has 1 aromatic carbocycles. The van der Waals surface area contributed by atoms with Crippen LogP contribution in [0.4, 0.5) is 5.69 Å². The third kappa shape index (κ3) is 2.85. The number of aliphatic hydroxyl groups is 2. The van der Waals surface area contributed by atoms with Gasteiger partial charge in [0.1, 0.15) is 0 Å².